The van der Waals surface area contributed by atoms with Crippen molar-refractivity contribution < 1.29 is 0 Å². The summed E-state index contributed by atoms with van der Waals surface area (Å²) in [5.74, 6) is 0. The number of imidazole rings is 1. The lowest BCUT2D eigenvalue weighted by Crippen LogP contribution is -2.15. The van der Waals surface area contributed by atoms with Gasteiger partial charge in [0.15, 0.2) is 0 Å². The molecule has 0 aliphatic rings. The molecule has 2 heterocycles. The van der Waals surface area contributed by atoms with Gasteiger partial charge in [0.1, 0.15) is 6.33 Å². The molecule has 3 rings (SSSR count). The van der Waals surface area contributed by atoms with Crippen LogP contribution in [-0.2, 0) is 6.54 Å². The Morgan fingerprint density at radius 3 is 3.00 bits per heavy atom. The quantitative estimate of drug-likeness (QED) is 0.722. The SMILES string of the molecule is CCCNCc1ccncc1-n1cnc2ccccc21. The fourth-order valence-corrected chi connectivity index (χ4v) is 2.33. The third-order valence-electron chi connectivity index (χ3n) is 3.34. The molecule has 3 aromatic rings. The minimum Gasteiger partial charge on any atom is -0.313 e. The van der Waals surface area contributed by atoms with Crippen molar-refractivity contribution in [3.8, 4) is 5.69 Å². The number of fused-ring (bicyclic) bond motifs is 1. The number of hydrogen-bond acceptors (Lipinski definition) is 3. The maximum atomic E-state index is 4.45. The molecule has 0 saturated heterocycles. The maximum Gasteiger partial charge on any atom is 0.100 e. The van der Waals surface area contributed by atoms with E-state index in [0.717, 1.165) is 36.2 Å². The van der Waals surface area contributed by atoms with Gasteiger partial charge in [-0.05, 0) is 36.7 Å². The fraction of sp³-hybridized carbons (Fsp3) is 0.250. The summed E-state index contributed by atoms with van der Waals surface area (Å²) in [7, 11) is 0. The lowest BCUT2D eigenvalue weighted by atomic mass is 10.2. The first-order valence-corrected chi connectivity index (χ1v) is 6.96. The third-order valence-corrected chi connectivity index (χ3v) is 3.34. The molecule has 0 atom stereocenters. The molecule has 4 nitrogen and oxygen atoms in total. The van der Waals surface area contributed by atoms with E-state index in [0.29, 0.717) is 0 Å². The van der Waals surface area contributed by atoms with Crippen LogP contribution in [0.4, 0.5) is 0 Å². The Hall–Kier alpha value is -2.20. The van der Waals surface area contributed by atoms with Crippen LogP contribution < -0.4 is 5.32 Å². The molecular formula is C16H18N4. The van der Waals surface area contributed by atoms with Gasteiger partial charge in [0.2, 0.25) is 0 Å². The molecule has 1 N–H and O–H groups in total. The van der Waals surface area contributed by atoms with Gasteiger partial charge < -0.3 is 5.32 Å². The highest BCUT2D eigenvalue weighted by molar-refractivity contribution is 5.77. The van der Waals surface area contributed by atoms with Crippen molar-refractivity contribution in [1.82, 2.24) is 19.9 Å². The summed E-state index contributed by atoms with van der Waals surface area (Å²) in [5, 5.41) is 3.44. The average Bonchev–Trinajstić information content (AvgIpc) is 2.92. The highest BCUT2D eigenvalue weighted by atomic mass is 15.1. The van der Waals surface area contributed by atoms with E-state index < -0.39 is 0 Å². The number of hydrogen-bond donors (Lipinski definition) is 1. The summed E-state index contributed by atoms with van der Waals surface area (Å²) in [4.78, 5) is 8.71. The van der Waals surface area contributed by atoms with Gasteiger partial charge in [-0.15, -0.1) is 0 Å². The molecule has 0 aliphatic heterocycles. The van der Waals surface area contributed by atoms with Gasteiger partial charge in [-0.2, -0.15) is 0 Å². The molecule has 102 valence electrons. The van der Waals surface area contributed by atoms with Crippen LogP contribution in [-0.4, -0.2) is 21.1 Å². The molecule has 0 saturated carbocycles. The van der Waals surface area contributed by atoms with Crippen LogP contribution in [0.25, 0.3) is 16.7 Å². The van der Waals surface area contributed by atoms with Gasteiger partial charge in [-0.25, -0.2) is 4.98 Å². The second kappa shape index (κ2) is 5.84. The Bertz CT molecular complexity index is 702. The number of nitrogens with one attached hydrogen (secondary N) is 1. The van der Waals surface area contributed by atoms with Crippen LogP contribution in [0.1, 0.15) is 18.9 Å². The largest absolute Gasteiger partial charge is 0.313 e. The lowest BCUT2D eigenvalue weighted by molar-refractivity contribution is 0.672. The normalized spacial score (nSPS) is 11.1. The van der Waals surface area contributed by atoms with Crippen molar-refractivity contribution in [2.75, 3.05) is 6.54 Å². The summed E-state index contributed by atoms with van der Waals surface area (Å²) in [6.07, 6.45) is 6.74. The zero-order chi connectivity index (χ0) is 13.8. The predicted molar refractivity (Wildman–Crippen MR) is 80.9 cm³/mol. The highest BCUT2D eigenvalue weighted by Gasteiger charge is 2.08. The van der Waals surface area contributed by atoms with E-state index in [1.54, 1.807) is 0 Å². The number of rotatable bonds is 5. The standard InChI is InChI=1S/C16H18N4/c1-2-8-17-10-13-7-9-18-11-16(13)20-12-19-14-5-3-4-6-15(14)20/h3-7,9,11-12,17H,2,8,10H2,1H3. The van der Waals surface area contributed by atoms with Gasteiger partial charge in [0, 0.05) is 12.7 Å². The van der Waals surface area contributed by atoms with E-state index in [4.69, 9.17) is 0 Å². The number of pyridine rings is 1. The Morgan fingerprint density at radius 2 is 2.10 bits per heavy atom. The average molecular weight is 266 g/mol. The molecule has 0 bridgehead atoms. The summed E-state index contributed by atoms with van der Waals surface area (Å²) < 4.78 is 2.10. The Morgan fingerprint density at radius 1 is 1.20 bits per heavy atom. The topological polar surface area (TPSA) is 42.7 Å². The zero-order valence-corrected chi connectivity index (χ0v) is 11.6. The molecule has 0 amide bonds. The summed E-state index contributed by atoms with van der Waals surface area (Å²) in [6, 6.07) is 10.2. The minimum atomic E-state index is 0.845. The van der Waals surface area contributed by atoms with E-state index in [2.05, 4.69) is 38.9 Å². The first-order chi connectivity index (χ1) is 9.90. The van der Waals surface area contributed by atoms with Crippen LogP contribution in [0.5, 0.6) is 0 Å². The monoisotopic (exact) mass is 266 g/mol. The number of para-hydroxylation sites is 2. The predicted octanol–water partition coefficient (Wildman–Crippen LogP) is 2.92. The van der Waals surface area contributed by atoms with Crippen LogP contribution in [0.3, 0.4) is 0 Å². The minimum absolute atomic E-state index is 0.845. The van der Waals surface area contributed by atoms with E-state index in [-0.39, 0.29) is 0 Å². The second-order valence-corrected chi connectivity index (χ2v) is 4.78. The maximum absolute atomic E-state index is 4.45. The fourth-order valence-electron chi connectivity index (χ4n) is 2.33. The molecule has 0 spiro atoms. The molecular weight excluding hydrogens is 248 g/mol. The molecule has 0 radical (unpaired) electrons. The molecule has 1 aromatic carbocycles. The van der Waals surface area contributed by atoms with Crippen molar-refractivity contribution in [2.45, 2.75) is 19.9 Å². The lowest BCUT2D eigenvalue weighted by Gasteiger charge is -2.11. The van der Waals surface area contributed by atoms with Crippen LogP contribution in [0.15, 0.2) is 49.1 Å². The van der Waals surface area contributed by atoms with Crippen LogP contribution in [0.2, 0.25) is 0 Å². The molecule has 20 heavy (non-hydrogen) atoms. The summed E-state index contributed by atoms with van der Waals surface area (Å²) in [6.45, 7) is 4.04. The molecule has 2 aromatic heterocycles. The van der Waals surface area contributed by atoms with E-state index in [1.807, 2.05) is 36.9 Å². The number of benzene rings is 1. The van der Waals surface area contributed by atoms with Gasteiger partial charge in [0.05, 0.1) is 22.9 Å². The molecule has 0 unspecified atom stereocenters. The Kier molecular flexibility index (Phi) is 3.74. The van der Waals surface area contributed by atoms with Gasteiger partial charge in [0.25, 0.3) is 0 Å². The molecule has 0 fully saturated rings. The van der Waals surface area contributed by atoms with Crippen LogP contribution in [0, 0.1) is 0 Å². The second-order valence-electron chi connectivity index (χ2n) is 4.78. The van der Waals surface area contributed by atoms with Crippen molar-refractivity contribution in [3.63, 3.8) is 0 Å². The van der Waals surface area contributed by atoms with E-state index in [9.17, 15) is 0 Å². The number of nitrogens with zero attached hydrogens (tertiary/aromatic N) is 3. The van der Waals surface area contributed by atoms with Gasteiger partial charge in [-0.3, -0.25) is 9.55 Å². The van der Waals surface area contributed by atoms with Crippen molar-refractivity contribution in [1.29, 1.82) is 0 Å². The summed E-state index contributed by atoms with van der Waals surface area (Å²) >= 11 is 0. The Balaban J connectivity index is 2.01. The number of aromatic nitrogens is 3. The van der Waals surface area contributed by atoms with Crippen molar-refractivity contribution >= 4 is 11.0 Å². The van der Waals surface area contributed by atoms with Crippen molar-refractivity contribution in [2.24, 2.45) is 0 Å². The highest BCUT2D eigenvalue weighted by Crippen LogP contribution is 2.20. The zero-order valence-electron chi connectivity index (χ0n) is 11.6. The van der Waals surface area contributed by atoms with Gasteiger partial charge >= 0.3 is 0 Å². The summed E-state index contributed by atoms with van der Waals surface area (Å²) in [5.41, 5.74) is 4.43. The Labute approximate surface area is 118 Å². The first-order valence-electron chi connectivity index (χ1n) is 6.96. The van der Waals surface area contributed by atoms with E-state index >= 15 is 0 Å². The third kappa shape index (κ3) is 2.42. The molecule has 0 aliphatic carbocycles. The first kappa shape index (κ1) is 12.8. The van der Waals surface area contributed by atoms with Crippen LogP contribution >= 0.6 is 0 Å². The van der Waals surface area contributed by atoms with Gasteiger partial charge in [-0.1, -0.05) is 19.1 Å². The van der Waals surface area contributed by atoms with Crippen molar-refractivity contribution in [3.05, 3.63) is 54.6 Å². The van der Waals surface area contributed by atoms with E-state index in [1.165, 1.54) is 5.56 Å². The molecule has 4 heteroatoms. The smallest absolute Gasteiger partial charge is 0.100 e.